The standard InChI is InChI=1S/C23H19N5O2S/c1-29-17-11-16(12-18(13-17)30-2)25-22-23(27-21-6-4-3-5-20(21)26-22)28-31-19-9-7-15(14-24)8-10-19/h3-13H,1-2H3,(H,25,26)(H,27,28). The molecule has 0 aliphatic heterocycles. The Labute approximate surface area is 184 Å². The van der Waals surface area contributed by atoms with E-state index < -0.39 is 0 Å². The first-order chi connectivity index (χ1) is 15.2. The highest BCUT2D eigenvalue weighted by molar-refractivity contribution is 8.00. The van der Waals surface area contributed by atoms with Gasteiger partial charge >= 0.3 is 0 Å². The second-order valence-corrected chi connectivity index (χ2v) is 7.36. The predicted molar refractivity (Wildman–Crippen MR) is 123 cm³/mol. The van der Waals surface area contributed by atoms with Crippen molar-refractivity contribution in [3.8, 4) is 17.6 Å². The number of nitriles is 1. The second kappa shape index (κ2) is 9.24. The van der Waals surface area contributed by atoms with E-state index in [0.717, 1.165) is 21.6 Å². The molecule has 0 unspecified atom stereocenters. The Kier molecular flexibility index (Phi) is 6.05. The highest BCUT2D eigenvalue weighted by Crippen LogP contribution is 2.32. The Balaban J connectivity index is 1.67. The number of para-hydroxylation sites is 2. The molecule has 0 atom stereocenters. The number of nitrogens with one attached hydrogen (secondary N) is 2. The zero-order chi connectivity index (χ0) is 21.6. The van der Waals surface area contributed by atoms with Crippen LogP contribution in [-0.2, 0) is 0 Å². The van der Waals surface area contributed by atoms with Crippen molar-refractivity contribution in [2.24, 2.45) is 0 Å². The van der Waals surface area contributed by atoms with Gasteiger partial charge in [0.05, 0.1) is 36.9 Å². The molecule has 0 fully saturated rings. The number of benzene rings is 3. The fourth-order valence-electron chi connectivity index (χ4n) is 2.88. The van der Waals surface area contributed by atoms with Crippen molar-refractivity contribution in [2.45, 2.75) is 4.90 Å². The third kappa shape index (κ3) is 4.79. The molecule has 0 amide bonds. The molecular formula is C23H19N5O2S. The number of nitrogens with zero attached hydrogens (tertiary/aromatic N) is 3. The Morgan fingerprint density at radius 2 is 1.45 bits per heavy atom. The van der Waals surface area contributed by atoms with E-state index in [1.807, 2.05) is 48.5 Å². The van der Waals surface area contributed by atoms with Crippen molar-refractivity contribution in [1.82, 2.24) is 9.97 Å². The Morgan fingerprint density at radius 1 is 0.839 bits per heavy atom. The summed E-state index contributed by atoms with van der Waals surface area (Å²) < 4.78 is 14.0. The van der Waals surface area contributed by atoms with Crippen LogP contribution < -0.4 is 19.5 Å². The summed E-state index contributed by atoms with van der Waals surface area (Å²) in [5.74, 6) is 2.47. The fourth-order valence-corrected chi connectivity index (χ4v) is 3.51. The fraction of sp³-hybridized carbons (Fsp3) is 0.0870. The van der Waals surface area contributed by atoms with Gasteiger partial charge in [0.15, 0.2) is 11.6 Å². The van der Waals surface area contributed by atoms with Gasteiger partial charge in [-0.15, -0.1) is 0 Å². The van der Waals surface area contributed by atoms with Crippen LogP contribution in [0.4, 0.5) is 17.3 Å². The normalized spacial score (nSPS) is 10.4. The molecule has 8 heteroatoms. The lowest BCUT2D eigenvalue weighted by Gasteiger charge is -2.14. The molecule has 7 nitrogen and oxygen atoms in total. The maximum atomic E-state index is 8.97. The van der Waals surface area contributed by atoms with E-state index in [4.69, 9.17) is 24.7 Å². The summed E-state index contributed by atoms with van der Waals surface area (Å²) in [4.78, 5) is 10.4. The number of methoxy groups -OCH3 is 2. The average molecular weight is 430 g/mol. The van der Waals surface area contributed by atoms with Crippen LogP contribution in [0.3, 0.4) is 0 Å². The summed E-state index contributed by atoms with van der Waals surface area (Å²) in [6.45, 7) is 0. The maximum Gasteiger partial charge on any atom is 0.180 e. The molecule has 0 saturated carbocycles. The molecule has 0 aliphatic rings. The van der Waals surface area contributed by atoms with E-state index in [1.54, 1.807) is 32.4 Å². The molecule has 31 heavy (non-hydrogen) atoms. The lowest BCUT2D eigenvalue weighted by molar-refractivity contribution is 0.395. The van der Waals surface area contributed by atoms with Crippen LogP contribution in [0, 0.1) is 11.3 Å². The van der Waals surface area contributed by atoms with Gasteiger partial charge in [0.25, 0.3) is 0 Å². The van der Waals surface area contributed by atoms with Crippen molar-refractivity contribution in [3.63, 3.8) is 0 Å². The lowest BCUT2D eigenvalue weighted by Crippen LogP contribution is -2.02. The number of rotatable bonds is 7. The first-order valence-electron chi connectivity index (χ1n) is 9.38. The molecule has 154 valence electrons. The summed E-state index contributed by atoms with van der Waals surface area (Å²) in [5.41, 5.74) is 2.92. The second-order valence-electron chi connectivity index (χ2n) is 6.48. The topological polar surface area (TPSA) is 92.1 Å². The van der Waals surface area contributed by atoms with Crippen molar-refractivity contribution in [3.05, 3.63) is 72.3 Å². The van der Waals surface area contributed by atoms with Crippen LogP contribution in [0.5, 0.6) is 11.5 Å². The van der Waals surface area contributed by atoms with Crippen molar-refractivity contribution in [1.29, 1.82) is 5.26 Å². The molecule has 0 bridgehead atoms. The number of fused-ring (bicyclic) bond motifs is 1. The molecule has 0 saturated heterocycles. The third-order valence-corrected chi connectivity index (χ3v) is 5.24. The van der Waals surface area contributed by atoms with Crippen molar-refractivity contribution < 1.29 is 9.47 Å². The van der Waals surface area contributed by atoms with Crippen molar-refractivity contribution >= 4 is 40.3 Å². The van der Waals surface area contributed by atoms with Gasteiger partial charge in [0, 0.05) is 28.8 Å². The van der Waals surface area contributed by atoms with Crippen LogP contribution in [-0.4, -0.2) is 24.2 Å². The minimum atomic E-state index is 0.565. The number of ether oxygens (including phenoxy) is 2. The average Bonchev–Trinajstić information content (AvgIpc) is 2.82. The van der Waals surface area contributed by atoms with E-state index in [2.05, 4.69) is 16.1 Å². The van der Waals surface area contributed by atoms with Crippen molar-refractivity contribution in [2.75, 3.05) is 24.3 Å². The lowest BCUT2D eigenvalue weighted by atomic mass is 10.2. The highest BCUT2D eigenvalue weighted by atomic mass is 32.2. The summed E-state index contributed by atoms with van der Waals surface area (Å²) in [5, 5.41) is 12.3. The highest BCUT2D eigenvalue weighted by Gasteiger charge is 2.11. The van der Waals surface area contributed by atoms with Crippen LogP contribution in [0.2, 0.25) is 0 Å². The number of hydrogen-bond donors (Lipinski definition) is 2. The smallest absolute Gasteiger partial charge is 0.180 e. The van der Waals surface area contributed by atoms with Gasteiger partial charge in [-0.1, -0.05) is 12.1 Å². The summed E-state index contributed by atoms with van der Waals surface area (Å²) in [6.07, 6.45) is 0. The predicted octanol–water partition coefficient (Wildman–Crippen LogP) is 5.38. The van der Waals surface area contributed by atoms with Crippen LogP contribution in [0.1, 0.15) is 5.56 Å². The van der Waals surface area contributed by atoms with Gasteiger partial charge in [-0.3, -0.25) is 0 Å². The first-order valence-corrected chi connectivity index (χ1v) is 10.2. The molecule has 3 aromatic carbocycles. The number of anilines is 3. The van der Waals surface area contributed by atoms with E-state index in [9.17, 15) is 0 Å². The van der Waals surface area contributed by atoms with E-state index in [0.29, 0.717) is 28.7 Å². The number of aromatic nitrogens is 2. The van der Waals surface area contributed by atoms with Crippen LogP contribution in [0.15, 0.2) is 71.6 Å². The molecule has 1 aromatic heterocycles. The van der Waals surface area contributed by atoms with Gasteiger partial charge in [0.1, 0.15) is 11.5 Å². The van der Waals surface area contributed by atoms with Gasteiger partial charge < -0.3 is 19.5 Å². The van der Waals surface area contributed by atoms with Gasteiger partial charge in [-0.25, -0.2) is 9.97 Å². The zero-order valence-electron chi connectivity index (χ0n) is 16.9. The summed E-state index contributed by atoms with van der Waals surface area (Å²) >= 11 is 1.39. The SMILES string of the molecule is COc1cc(Nc2nc3ccccc3nc2NSc2ccc(C#N)cc2)cc(OC)c1. The molecular weight excluding hydrogens is 410 g/mol. The van der Waals surface area contributed by atoms with Crippen LogP contribution in [0.25, 0.3) is 11.0 Å². The zero-order valence-corrected chi connectivity index (χ0v) is 17.7. The summed E-state index contributed by atoms with van der Waals surface area (Å²) in [7, 11) is 3.21. The van der Waals surface area contributed by atoms with Gasteiger partial charge in [0.2, 0.25) is 0 Å². The minimum Gasteiger partial charge on any atom is -0.497 e. The molecule has 2 N–H and O–H groups in total. The molecule has 4 rings (SSSR count). The van der Waals surface area contributed by atoms with E-state index in [1.165, 1.54) is 11.9 Å². The number of hydrogen-bond acceptors (Lipinski definition) is 8. The van der Waals surface area contributed by atoms with E-state index in [-0.39, 0.29) is 0 Å². The van der Waals surface area contributed by atoms with Gasteiger partial charge in [-0.05, 0) is 48.3 Å². The molecule has 1 heterocycles. The van der Waals surface area contributed by atoms with Gasteiger partial charge in [-0.2, -0.15) is 5.26 Å². The molecule has 0 spiro atoms. The Bertz CT molecular complexity index is 1230. The minimum absolute atomic E-state index is 0.565. The Morgan fingerprint density at radius 3 is 2.03 bits per heavy atom. The maximum absolute atomic E-state index is 8.97. The third-order valence-electron chi connectivity index (χ3n) is 4.43. The first kappa shape index (κ1) is 20.3. The Hall–Kier alpha value is -3.96. The molecule has 0 aliphatic carbocycles. The molecule has 0 radical (unpaired) electrons. The summed E-state index contributed by atoms with van der Waals surface area (Å²) in [6, 6.07) is 22.6. The van der Waals surface area contributed by atoms with E-state index >= 15 is 0 Å². The molecule has 4 aromatic rings. The van der Waals surface area contributed by atoms with Crippen LogP contribution >= 0.6 is 11.9 Å². The quantitative estimate of drug-likeness (QED) is 0.378. The monoisotopic (exact) mass is 429 g/mol. The largest absolute Gasteiger partial charge is 0.497 e.